The molecule has 1 rings (SSSR count). The number of hydrogen-bond acceptors (Lipinski definition) is 1. The second-order valence-electron chi connectivity index (χ2n) is 8.29. The molecule has 1 N–H and O–H groups in total. The van der Waals surface area contributed by atoms with E-state index in [1.165, 1.54) is 81.8 Å². The lowest BCUT2D eigenvalue weighted by atomic mass is 10.0. The maximum atomic E-state index is 9.13. The van der Waals surface area contributed by atoms with E-state index in [0.29, 0.717) is 0 Å². The van der Waals surface area contributed by atoms with E-state index in [4.69, 9.17) is 5.11 Å². The molecular weight excluding hydrogens is 342 g/mol. The van der Waals surface area contributed by atoms with E-state index in [1.807, 2.05) is 0 Å². The van der Waals surface area contributed by atoms with Crippen molar-refractivity contribution in [2.45, 2.75) is 84.1 Å². The van der Waals surface area contributed by atoms with Crippen LogP contribution in [0.25, 0.3) is 0 Å². The van der Waals surface area contributed by atoms with Crippen LogP contribution in [0.4, 0.5) is 0 Å². The standard InChI is InChI=1S/C23H42NO.ClH/c1-4-5-6-7-8-9-10-11-12-13-14-22-15-17-23(18-16-22)21-24(2,3)19-20-25;/h15-18,25H,4-14,19-21H2,1-3H3;1H/q+1;/p-1. The molecule has 26 heavy (non-hydrogen) atoms. The number of benzene rings is 1. The minimum atomic E-state index is 0. The van der Waals surface area contributed by atoms with Crippen molar-refractivity contribution in [2.75, 3.05) is 27.2 Å². The van der Waals surface area contributed by atoms with Gasteiger partial charge in [0.2, 0.25) is 0 Å². The van der Waals surface area contributed by atoms with Crippen molar-refractivity contribution in [1.82, 2.24) is 0 Å². The van der Waals surface area contributed by atoms with Gasteiger partial charge in [0.25, 0.3) is 0 Å². The van der Waals surface area contributed by atoms with E-state index in [1.54, 1.807) is 0 Å². The fourth-order valence-corrected chi connectivity index (χ4v) is 3.47. The third kappa shape index (κ3) is 12.7. The zero-order chi connectivity index (χ0) is 18.4. The number of unbranched alkanes of at least 4 members (excludes halogenated alkanes) is 9. The molecule has 1 aromatic rings. The molecule has 2 nitrogen and oxygen atoms in total. The summed E-state index contributed by atoms with van der Waals surface area (Å²) in [5.41, 5.74) is 2.83. The Bertz CT molecular complexity index is 430. The summed E-state index contributed by atoms with van der Waals surface area (Å²) in [6.07, 6.45) is 15.2. The van der Waals surface area contributed by atoms with Gasteiger partial charge in [0.15, 0.2) is 0 Å². The highest BCUT2D eigenvalue weighted by Crippen LogP contribution is 2.14. The number of nitrogens with zero attached hydrogens (tertiary/aromatic N) is 1. The highest BCUT2D eigenvalue weighted by atomic mass is 35.5. The number of likely N-dealkylation sites (N-methyl/N-ethyl adjacent to an activating group) is 1. The van der Waals surface area contributed by atoms with Gasteiger partial charge < -0.3 is 22.0 Å². The largest absolute Gasteiger partial charge is 1.00 e. The number of aliphatic hydroxyl groups excluding tert-OH is 1. The lowest BCUT2D eigenvalue weighted by Crippen LogP contribution is -3.00. The van der Waals surface area contributed by atoms with Crippen molar-refractivity contribution in [1.29, 1.82) is 0 Å². The highest BCUT2D eigenvalue weighted by molar-refractivity contribution is 5.22. The Balaban J connectivity index is 0.00000625. The number of halogens is 1. The van der Waals surface area contributed by atoms with E-state index >= 15 is 0 Å². The van der Waals surface area contributed by atoms with Crippen LogP contribution in [0.3, 0.4) is 0 Å². The summed E-state index contributed by atoms with van der Waals surface area (Å²) < 4.78 is 0.842. The fourth-order valence-electron chi connectivity index (χ4n) is 3.47. The fraction of sp³-hybridized carbons (Fsp3) is 0.739. The third-order valence-corrected chi connectivity index (χ3v) is 5.16. The summed E-state index contributed by atoms with van der Waals surface area (Å²) in [4.78, 5) is 0. The summed E-state index contributed by atoms with van der Waals surface area (Å²) in [6, 6.07) is 9.12. The average Bonchev–Trinajstić information content (AvgIpc) is 2.57. The first-order chi connectivity index (χ1) is 12.1. The minimum Gasteiger partial charge on any atom is -1.00 e. The molecular formula is C23H42ClNO. The number of aryl methyl sites for hydroxylation is 1. The molecule has 0 bridgehead atoms. The topological polar surface area (TPSA) is 20.2 Å². The Hall–Kier alpha value is -0.570. The van der Waals surface area contributed by atoms with Crippen molar-refractivity contribution in [3.63, 3.8) is 0 Å². The van der Waals surface area contributed by atoms with Gasteiger partial charge in [-0.15, -0.1) is 0 Å². The predicted octanol–water partition coefficient (Wildman–Crippen LogP) is 2.72. The van der Waals surface area contributed by atoms with E-state index in [2.05, 4.69) is 45.3 Å². The summed E-state index contributed by atoms with van der Waals surface area (Å²) in [5.74, 6) is 0. The molecule has 0 aromatic heterocycles. The molecule has 0 saturated heterocycles. The molecule has 3 heteroatoms. The summed E-state index contributed by atoms with van der Waals surface area (Å²) in [7, 11) is 4.35. The Labute approximate surface area is 169 Å². The molecule has 0 aliphatic rings. The van der Waals surface area contributed by atoms with Gasteiger partial charge in [-0.3, -0.25) is 0 Å². The van der Waals surface area contributed by atoms with Gasteiger partial charge >= 0.3 is 0 Å². The lowest BCUT2D eigenvalue weighted by molar-refractivity contribution is -0.903. The molecule has 0 saturated carbocycles. The SMILES string of the molecule is CCCCCCCCCCCCc1ccc(C[N+](C)(C)CCO)cc1.[Cl-]. The number of aliphatic hydroxyl groups is 1. The first-order valence-corrected chi connectivity index (χ1v) is 10.6. The Morgan fingerprint density at radius 2 is 1.19 bits per heavy atom. The Kier molecular flexibility index (Phi) is 15.1. The van der Waals surface area contributed by atoms with Gasteiger partial charge in [-0.05, 0) is 18.4 Å². The zero-order valence-corrected chi connectivity index (χ0v) is 18.2. The van der Waals surface area contributed by atoms with Gasteiger partial charge in [0, 0.05) is 5.56 Å². The average molecular weight is 384 g/mol. The van der Waals surface area contributed by atoms with E-state index in [9.17, 15) is 0 Å². The van der Waals surface area contributed by atoms with Crippen LogP contribution in [-0.2, 0) is 13.0 Å². The van der Waals surface area contributed by atoms with Crippen LogP contribution >= 0.6 is 0 Å². The molecule has 0 atom stereocenters. The minimum absolute atomic E-state index is 0. The molecule has 0 radical (unpaired) electrons. The van der Waals surface area contributed by atoms with Crippen molar-refractivity contribution < 1.29 is 22.0 Å². The number of hydrogen-bond donors (Lipinski definition) is 1. The molecule has 1 aromatic carbocycles. The van der Waals surface area contributed by atoms with E-state index in [0.717, 1.165) is 17.6 Å². The van der Waals surface area contributed by atoms with Crippen LogP contribution in [0.1, 0.15) is 82.3 Å². The Morgan fingerprint density at radius 3 is 1.69 bits per heavy atom. The highest BCUT2D eigenvalue weighted by Gasteiger charge is 2.14. The van der Waals surface area contributed by atoms with Crippen LogP contribution < -0.4 is 12.4 Å². The maximum absolute atomic E-state index is 9.13. The monoisotopic (exact) mass is 383 g/mol. The second-order valence-corrected chi connectivity index (χ2v) is 8.29. The molecule has 152 valence electrons. The van der Waals surface area contributed by atoms with Crippen molar-refractivity contribution in [3.05, 3.63) is 35.4 Å². The second kappa shape index (κ2) is 15.5. The molecule has 0 aliphatic heterocycles. The van der Waals surface area contributed by atoms with Gasteiger partial charge in [0.1, 0.15) is 13.1 Å². The van der Waals surface area contributed by atoms with Crippen LogP contribution in [0, 0.1) is 0 Å². The van der Waals surface area contributed by atoms with Crippen molar-refractivity contribution >= 4 is 0 Å². The number of rotatable bonds is 15. The van der Waals surface area contributed by atoms with Crippen LogP contribution in [-0.4, -0.2) is 36.8 Å². The summed E-state index contributed by atoms with van der Waals surface area (Å²) in [5, 5.41) is 9.13. The van der Waals surface area contributed by atoms with Crippen LogP contribution in [0.2, 0.25) is 0 Å². The molecule has 0 fully saturated rings. The normalized spacial score (nSPS) is 11.4. The zero-order valence-electron chi connectivity index (χ0n) is 17.5. The Morgan fingerprint density at radius 1 is 0.731 bits per heavy atom. The summed E-state index contributed by atoms with van der Waals surface area (Å²) in [6.45, 7) is 4.33. The predicted molar refractivity (Wildman–Crippen MR) is 110 cm³/mol. The van der Waals surface area contributed by atoms with Gasteiger partial charge in [0.05, 0.1) is 20.7 Å². The molecule has 0 heterocycles. The van der Waals surface area contributed by atoms with E-state index in [-0.39, 0.29) is 19.0 Å². The summed E-state index contributed by atoms with van der Waals surface area (Å²) >= 11 is 0. The van der Waals surface area contributed by atoms with Gasteiger partial charge in [-0.25, -0.2) is 0 Å². The van der Waals surface area contributed by atoms with E-state index < -0.39 is 0 Å². The first-order valence-electron chi connectivity index (χ1n) is 10.6. The molecule has 0 amide bonds. The number of quaternary nitrogens is 1. The van der Waals surface area contributed by atoms with Gasteiger partial charge in [-0.2, -0.15) is 0 Å². The molecule has 0 spiro atoms. The quantitative estimate of drug-likeness (QED) is 0.364. The van der Waals surface area contributed by atoms with Crippen molar-refractivity contribution in [2.24, 2.45) is 0 Å². The first kappa shape index (κ1) is 25.4. The smallest absolute Gasteiger partial charge is 0.104 e. The molecule has 0 aliphatic carbocycles. The third-order valence-electron chi connectivity index (χ3n) is 5.16. The molecule has 0 unspecified atom stereocenters. The van der Waals surface area contributed by atoms with Crippen LogP contribution in [0.5, 0.6) is 0 Å². The lowest BCUT2D eigenvalue weighted by Gasteiger charge is -2.29. The van der Waals surface area contributed by atoms with Crippen molar-refractivity contribution in [3.8, 4) is 0 Å². The van der Waals surface area contributed by atoms with Gasteiger partial charge in [-0.1, -0.05) is 89.0 Å². The maximum Gasteiger partial charge on any atom is 0.104 e. The van der Waals surface area contributed by atoms with Crippen LogP contribution in [0.15, 0.2) is 24.3 Å².